The van der Waals surface area contributed by atoms with Crippen LogP contribution in [0.5, 0.6) is 0 Å². The van der Waals surface area contributed by atoms with Gasteiger partial charge in [-0.15, -0.1) is 0 Å². The Kier molecular flexibility index (Phi) is 4.88. The number of fused-ring (bicyclic) bond motifs is 2. The fourth-order valence-electron chi connectivity index (χ4n) is 4.45. The fraction of sp³-hybridized carbons (Fsp3) is 0.318. The fourth-order valence-corrected chi connectivity index (χ4v) is 5.05. The van der Waals surface area contributed by atoms with Crippen LogP contribution in [0.15, 0.2) is 36.4 Å². The minimum absolute atomic E-state index is 0.518. The average molecular weight is 433 g/mol. The van der Waals surface area contributed by atoms with Gasteiger partial charge in [-0.1, -0.05) is 46.9 Å². The SMILES string of the molecule is Clc1cc2c(cc1Cl)CC(N1CCc3nc(-c4ccccc4Cl)[nH]c3C1)CC2. The number of aromatic nitrogens is 2. The van der Waals surface area contributed by atoms with Crippen LogP contribution >= 0.6 is 34.8 Å². The standard InChI is InChI=1S/C22H20Cl3N3/c23-17-4-2-1-3-16(17)22-26-20-7-8-28(12-21(20)27-22)15-6-5-13-10-18(24)19(25)11-14(13)9-15/h1-4,10-11,15H,5-9,12H2,(H,26,27). The van der Waals surface area contributed by atoms with Crippen molar-refractivity contribution in [2.45, 2.75) is 38.3 Å². The Labute approximate surface area is 179 Å². The molecule has 6 heteroatoms. The highest BCUT2D eigenvalue weighted by Crippen LogP contribution is 2.34. The maximum absolute atomic E-state index is 6.35. The van der Waals surface area contributed by atoms with Crippen LogP contribution in [-0.2, 0) is 25.8 Å². The van der Waals surface area contributed by atoms with Crippen LogP contribution in [0, 0.1) is 0 Å². The summed E-state index contributed by atoms with van der Waals surface area (Å²) in [6.45, 7) is 1.93. The number of aromatic amines is 1. The van der Waals surface area contributed by atoms with Crippen LogP contribution in [0.1, 0.15) is 28.9 Å². The van der Waals surface area contributed by atoms with Gasteiger partial charge < -0.3 is 4.98 Å². The largest absolute Gasteiger partial charge is 0.340 e. The van der Waals surface area contributed by atoms with Crippen LogP contribution in [0.4, 0.5) is 0 Å². The third-order valence-electron chi connectivity index (χ3n) is 5.95. The van der Waals surface area contributed by atoms with Crippen molar-refractivity contribution in [3.8, 4) is 11.4 Å². The zero-order chi connectivity index (χ0) is 19.3. The van der Waals surface area contributed by atoms with E-state index in [-0.39, 0.29) is 0 Å². The number of rotatable bonds is 2. The minimum Gasteiger partial charge on any atom is -0.340 e. The van der Waals surface area contributed by atoms with Gasteiger partial charge in [-0.3, -0.25) is 4.90 Å². The van der Waals surface area contributed by atoms with E-state index in [1.165, 1.54) is 16.8 Å². The molecule has 0 spiro atoms. The lowest BCUT2D eigenvalue weighted by atomic mass is 9.87. The molecule has 5 rings (SSSR count). The predicted octanol–water partition coefficient (Wildman–Crippen LogP) is 5.95. The molecule has 0 radical (unpaired) electrons. The quantitative estimate of drug-likeness (QED) is 0.542. The number of H-pyrrole nitrogens is 1. The third kappa shape index (κ3) is 3.35. The Balaban J connectivity index is 1.36. The van der Waals surface area contributed by atoms with Crippen LogP contribution in [-0.4, -0.2) is 27.5 Å². The number of halogens is 3. The van der Waals surface area contributed by atoms with Gasteiger partial charge in [0.15, 0.2) is 0 Å². The Morgan fingerprint density at radius 2 is 1.75 bits per heavy atom. The zero-order valence-electron chi connectivity index (χ0n) is 15.3. The summed E-state index contributed by atoms with van der Waals surface area (Å²) in [4.78, 5) is 10.9. The van der Waals surface area contributed by atoms with Crippen molar-refractivity contribution in [1.82, 2.24) is 14.9 Å². The summed E-state index contributed by atoms with van der Waals surface area (Å²) in [6.07, 6.45) is 4.17. The summed E-state index contributed by atoms with van der Waals surface area (Å²) in [7, 11) is 0. The van der Waals surface area contributed by atoms with E-state index >= 15 is 0 Å². The van der Waals surface area contributed by atoms with Crippen LogP contribution in [0.25, 0.3) is 11.4 Å². The molecular formula is C22H20Cl3N3. The highest BCUT2D eigenvalue weighted by atomic mass is 35.5. The highest BCUT2D eigenvalue weighted by Gasteiger charge is 2.29. The first-order chi connectivity index (χ1) is 13.6. The smallest absolute Gasteiger partial charge is 0.139 e. The van der Waals surface area contributed by atoms with Crippen molar-refractivity contribution in [1.29, 1.82) is 0 Å². The van der Waals surface area contributed by atoms with Crippen LogP contribution < -0.4 is 0 Å². The molecule has 0 amide bonds. The van der Waals surface area contributed by atoms with Crippen molar-refractivity contribution < 1.29 is 0 Å². The topological polar surface area (TPSA) is 31.9 Å². The van der Waals surface area contributed by atoms with Gasteiger partial charge in [-0.25, -0.2) is 4.98 Å². The molecule has 1 atom stereocenters. The first-order valence-corrected chi connectivity index (χ1v) is 10.8. The molecular weight excluding hydrogens is 413 g/mol. The number of nitrogens with zero attached hydrogens (tertiary/aromatic N) is 2. The Bertz CT molecular complexity index is 1040. The number of hydrogen-bond acceptors (Lipinski definition) is 2. The summed E-state index contributed by atoms with van der Waals surface area (Å²) >= 11 is 18.8. The monoisotopic (exact) mass is 431 g/mol. The van der Waals surface area contributed by atoms with E-state index in [2.05, 4.69) is 9.88 Å². The molecule has 0 fully saturated rings. The second-order valence-electron chi connectivity index (χ2n) is 7.64. The summed E-state index contributed by atoms with van der Waals surface area (Å²) in [5.74, 6) is 0.868. The number of aryl methyl sites for hydroxylation is 1. The van der Waals surface area contributed by atoms with Gasteiger partial charge in [0.1, 0.15) is 5.82 Å². The second-order valence-corrected chi connectivity index (χ2v) is 8.86. The highest BCUT2D eigenvalue weighted by molar-refractivity contribution is 6.42. The molecule has 1 N–H and O–H groups in total. The predicted molar refractivity (Wildman–Crippen MR) is 115 cm³/mol. The molecule has 28 heavy (non-hydrogen) atoms. The summed E-state index contributed by atoms with van der Waals surface area (Å²) in [6, 6.07) is 12.5. The van der Waals surface area contributed by atoms with Gasteiger partial charge in [0.05, 0.1) is 26.5 Å². The van der Waals surface area contributed by atoms with E-state index < -0.39 is 0 Å². The molecule has 0 bridgehead atoms. The van der Waals surface area contributed by atoms with Crippen molar-refractivity contribution in [3.05, 3.63) is 74.0 Å². The molecule has 0 saturated heterocycles. The van der Waals surface area contributed by atoms with Crippen molar-refractivity contribution in [3.63, 3.8) is 0 Å². The van der Waals surface area contributed by atoms with E-state index in [1.807, 2.05) is 36.4 Å². The van der Waals surface area contributed by atoms with E-state index in [0.717, 1.165) is 60.9 Å². The Morgan fingerprint density at radius 1 is 0.964 bits per heavy atom. The molecule has 3 nitrogen and oxygen atoms in total. The first kappa shape index (κ1) is 18.5. The molecule has 0 saturated carbocycles. The van der Waals surface area contributed by atoms with E-state index in [1.54, 1.807) is 0 Å². The van der Waals surface area contributed by atoms with Gasteiger partial charge in [-0.2, -0.15) is 0 Å². The molecule has 1 aromatic heterocycles. The molecule has 3 aromatic rings. The number of imidazole rings is 1. The lowest BCUT2D eigenvalue weighted by molar-refractivity contribution is 0.160. The Hall–Kier alpha value is -1.52. The lowest BCUT2D eigenvalue weighted by Gasteiger charge is -2.37. The second kappa shape index (κ2) is 7.38. The maximum atomic E-state index is 6.35. The van der Waals surface area contributed by atoms with Gasteiger partial charge in [0, 0.05) is 31.1 Å². The van der Waals surface area contributed by atoms with Gasteiger partial charge in [-0.05, 0) is 54.7 Å². The van der Waals surface area contributed by atoms with Gasteiger partial charge in [0.25, 0.3) is 0 Å². The summed E-state index contributed by atoms with van der Waals surface area (Å²) < 4.78 is 0. The van der Waals surface area contributed by atoms with Gasteiger partial charge >= 0.3 is 0 Å². The third-order valence-corrected chi connectivity index (χ3v) is 7.00. The molecule has 1 unspecified atom stereocenters. The normalized spacial score (nSPS) is 19.3. The zero-order valence-corrected chi connectivity index (χ0v) is 17.6. The van der Waals surface area contributed by atoms with Crippen molar-refractivity contribution in [2.24, 2.45) is 0 Å². The molecule has 1 aliphatic carbocycles. The number of benzene rings is 2. The molecule has 1 aliphatic heterocycles. The minimum atomic E-state index is 0.518. The van der Waals surface area contributed by atoms with E-state index in [0.29, 0.717) is 16.1 Å². The number of hydrogen-bond donors (Lipinski definition) is 1. The lowest BCUT2D eigenvalue weighted by Crippen LogP contribution is -2.42. The summed E-state index contributed by atoms with van der Waals surface area (Å²) in [5, 5.41) is 2.04. The molecule has 2 aromatic carbocycles. The van der Waals surface area contributed by atoms with Crippen molar-refractivity contribution in [2.75, 3.05) is 6.54 Å². The molecule has 2 aliphatic rings. The van der Waals surface area contributed by atoms with Crippen LogP contribution in [0.2, 0.25) is 15.1 Å². The first-order valence-electron chi connectivity index (χ1n) is 9.62. The van der Waals surface area contributed by atoms with E-state index in [9.17, 15) is 0 Å². The van der Waals surface area contributed by atoms with Gasteiger partial charge in [0.2, 0.25) is 0 Å². The number of nitrogens with one attached hydrogen (secondary N) is 1. The Morgan fingerprint density at radius 3 is 2.57 bits per heavy atom. The molecule has 2 heterocycles. The van der Waals surface area contributed by atoms with Crippen LogP contribution in [0.3, 0.4) is 0 Å². The maximum Gasteiger partial charge on any atom is 0.139 e. The average Bonchev–Trinajstić information content (AvgIpc) is 3.12. The van der Waals surface area contributed by atoms with Crippen molar-refractivity contribution >= 4 is 34.8 Å². The summed E-state index contributed by atoms with van der Waals surface area (Å²) in [5.41, 5.74) is 6.00. The van der Waals surface area contributed by atoms with E-state index in [4.69, 9.17) is 39.8 Å². The molecule has 144 valence electrons.